The second-order valence-electron chi connectivity index (χ2n) is 6.19. The van der Waals surface area contributed by atoms with Crippen molar-refractivity contribution >= 4 is 27.5 Å². The van der Waals surface area contributed by atoms with Gasteiger partial charge in [-0.1, -0.05) is 45.2 Å². The molecule has 1 aliphatic rings. The van der Waals surface area contributed by atoms with Crippen LogP contribution in [0, 0.1) is 11.8 Å². The Bertz CT molecular complexity index is 440. The van der Waals surface area contributed by atoms with E-state index < -0.39 is 0 Å². The molecule has 1 heterocycles. The Balaban J connectivity index is 2.23. The molecule has 2 nitrogen and oxygen atoms in total. The first-order valence-electron chi connectivity index (χ1n) is 7.19. The van der Waals surface area contributed by atoms with Gasteiger partial charge < -0.3 is 0 Å². The van der Waals surface area contributed by atoms with Gasteiger partial charge in [0, 0.05) is 5.92 Å². The van der Waals surface area contributed by atoms with E-state index in [0.29, 0.717) is 17.0 Å². The van der Waals surface area contributed by atoms with Crippen LogP contribution in [-0.2, 0) is 6.42 Å². The van der Waals surface area contributed by atoms with Gasteiger partial charge in [-0.25, -0.2) is 9.97 Å². The van der Waals surface area contributed by atoms with Crippen molar-refractivity contribution in [3.05, 3.63) is 21.1 Å². The third-order valence-corrected chi connectivity index (χ3v) is 5.21. The predicted molar refractivity (Wildman–Crippen MR) is 83.7 cm³/mol. The zero-order valence-electron chi connectivity index (χ0n) is 11.9. The monoisotopic (exact) mass is 344 g/mol. The van der Waals surface area contributed by atoms with Crippen molar-refractivity contribution in [2.24, 2.45) is 11.8 Å². The predicted octanol–water partition coefficient (Wildman–Crippen LogP) is 5.38. The normalized spacial score (nSPS) is 23.9. The first-order chi connectivity index (χ1) is 8.97. The molecule has 1 saturated carbocycles. The summed E-state index contributed by atoms with van der Waals surface area (Å²) in [5, 5.41) is 0.569. The summed E-state index contributed by atoms with van der Waals surface area (Å²) in [6.07, 6.45) is 5.89. The molecule has 106 valence electrons. The summed E-state index contributed by atoms with van der Waals surface area (Å²) < 4.78 is 0.871. The molecule has 0 spiro atoms. The van der Waals surface area contributed by atoms with Crippen LogP contribution in [0.15, 0.2) is 4.47 Å². The summed E-state index contributed by atoms with van der Waals surface area (Å²) in [6, 6.07) is 0. The van der Waals surface area contributed by atoms with Crippen LogP contribution in [0.5, 0.6) is 0 Å². The summed E-state index contributed by atoms with van der Waals surface area (Å²) in [6.45, 7) is 6.73. The van der Waals surface area contributed by atoms with E-state index in [9.17, 15) is 0 Å². The number of halogens is 2. The molecule has 1 aromatic rings. The molecule has 19 heavy (non-hydrogen) atoms. The lowest BCUT2D eigenvalue weighted by Gasteiger charge is -2.25. The lowest BCUT2D eigenvalue weighted by atomic mass is 9.82. The van der Waals surface area contributed by atoms with Gasteiger partial charge in [-0.3, -0.25) is 0 Å². The van der Waals surface area contributed by atoms with Gasteiger partial charge in [0.1, 0.15) is 11.0 Å². The molecule has 2 rings (SSSR count). The molecule has 0 amide bonds. The van der Waals surface area contributed by atoms with E-state index in [4.69, 9.17) is 16.6 Å². The molecule has 1 fully saturated rings. The molecule has 0 N–H and O–H groups in total. The van der Waals surface area contributed by atoms with Gasteiger partial charge in [0.05, 0.1) is 10.2 Å². The van der Waals surface area contributed by atoms with Crippen molar-refractivity contribution in [3.8, 4) is 0 Å². The zero-order chi connectivity index (χ0) is 14.0. The largest absolute Gasteiger partial charge is 0.236 e. The molecule has 0 unspecified atom stereocenters. The fraction of sp³-hybridized carbons (Fsp3) is 0.733. The molecule has 1 aliphatic carbocycles. The minimum absolute atomic E-state index is 0.493. The van der Waals surface area contributed by atoms with Crippen LogP contribution in [0.2, 0.25) is 5.15 Å². The average molecular weight is 346 g/mol. The second-order valence-corrected chi connectivity index (χ2v) is 7.34. The van der Waals surface area contributed by atoms with E-state index in [-0.39, 0.29) is 0 Å². The number of aromatic nitrogens is 2. The maximum absolute atomic E-state index is 6.25. The molecule has 0 bridgehead atoms. The standard InChI is InChI=1S/C15H22BrClN2/c1-9(2)8-12-13(16)14(17)19-15(18-12)11-6-4-10(3)5-7-11/h9-11H,4-8H2,1-3H3. The fourth-order valence-corrected chi connectivity index (χ4v) is 3.24. The molecule has 0 saturated heterocycles. The van der Waals surface area contributed by atoms with E-state index in [1.807, 2.05) is 0 Å². The van der Waals surface area contributed by atoms with E-state index in [1.54, 1.807) is 0 Å². The van der Waals surface area contributed by atoms with Crippen molar-refractivity contribution in [1.29, 1.82) is 0 Å². The highest BCUT2D eigenvalue weighted by Crippen LogP contribution is 2.36. The zero-order valence-corrected chi connectivity index (χ0v) is 14.3. The highest BCUT2D eigenvalue weighted by Gasteiger charge is 2.23. The summed E-state index contributed by atoms with van der Waals surface area (Å²) >= 11 is 9.77. The SMILES string of the molecule is CC(C)Cc1nc(C2CCC(C)CC2)nc(Cl)c1Br. The van der Waals surface area contributed by atoms with Gasteiger partial charge in [0.25, 0.3) is 0 Å². The van der Waals surface area contributed by atoms with E-state index in [0.717, 1.165) is 28.3 Å². The molecule has 1 aromatic heterocycles. The van der Waals surface area contributed by atoms with Gasteiger partial charge in [0.2, 0.25) is 0 Å². The highest BCUT2D eigenvalue weighted by molar-refractivity contribution is 9.10. The van der Waals surface area contributed by atoms with Gasteiger partial charge in [0.15, 0.2) is 0 Å². The Hall–Kier alpha value is -0.150. The molecule has 0 radical (unpaired) electrons. The summed E-state index contributed by atoms with van der Waals surface area (Å²) in [4.78, 5) is 9.28. The summed E-state index contributed by atoms with van der Waals surface area (Å²) in [7, 11) is 0. The van der Waals surface area contributed by atoms with Crippen molar-refractivity contribution < 1.29 is 0 Å². The topological polar surface area (TPSA) is 25.8 Å². The van der Waals surface area contributed by atoms with Crippen molar-refractivity contribution in [1.82, 2.24) is 9.97 Å². The van der Waals surface area contributed by atoms with E-state index in [1.165, 1.54) is 25.7 Å². The third kappa shape index (κ3) is 3.91. The number of rotatable bonds is 3. The molecular weight excluding hydrogens is 324 g/mol. The minimum atomic E-state index is 0.493. The van der Waals surface area contributed by atoms with Crippen LogP contribution < -0.4 is 0 Å². The molecule has 4 heteroatoms. The minimum Gasteiger partial charge on any atom is -0.236 e. The molecule has 0 aliphatic heterocycles. The van der Waals surface area contributed by atoms with E-state index in [2.05, 4.69) is 41.7 Å². The Labute approximate surface area is 129 Å². The van der Waals surface area contributed by atoms with E-state index >= 15 is 0 Å². The van der Waals surface area contributed by atoms with Crippen LogP contribution in [0.3, 0.4) is 0 Å². The number of nitrogens with zero attached hydrogens (tertiary/aromatic N) is 2. The van der Waals surface area contributed by atoms with Gasteiger partial charge in [-0.15, -0.1) is 0 Å². The number of hydrogen-bond donors (Lipinski definition) is 0. The Morgan fingerprint density at radius 2 is 1.84 bits per heavy atom. The highest BCUT2D eigenvalue weighted by atomic mass is 79.9. The van der Waals surface area contributed by atoms with Crippen molar-refractivity contribution in [2.45, 2.75) is 58.8 Å². The quantitative estimate of drug-likeness (QED) is 0.687. The Kier molecular flexibility index (Phi) is 5.24. The second kappa shape index (κ2) is 6.53. The summed E-state index contributed by atoms with van der Waals surface area (Å²) in [5.41, 5.74) is 1.06. The molecule has 0 aromatic carbocycles. The fourth-order valence-electron chi connectivity index (χ4n) is 2.70. The van der Waals surface area contributed by atoms with Crippen molar-refractivity contribution in [3.63, 3.8) is 0 Å². The van der Waals surface area contributed by atoms with Crippen molar-refractivity contribution in [2.75, 3.05) is 0 Å². The van der Waals surface area contributed by atoms with Crippen LogP contribution in [0.25, 0.3) is 0 Å². The summed E-state index contributed by atoms with van der Waals surface area (Å²) in [5.74, 6) is 2.86. The van der Waals surface area contributed by atoms with Gasteiger partial charge in [-0.05, 0) is 47.0 Å². The van der Waals surface area contributed by atoms with Crippen LogP contribution >= 0.6 is 27.5 Å². The third-order valence-electron chi connectivity index (χ3n) is 3.88. The Morgan fingerprint density at radius 1 is 1.21 bits per heavy atom. The molecular formula is C15H22BrClN2. The van der Waals surface area contributed by atoms with Crippen LogP contribution in [0.4, 0.5) is 0 Å². The molecule has 0 atom stereocenters. The van der Waals surface area contributed by atoms with Gasteiger partial charge >= 0.3 is 0 Å². The Morgan fingerprint density at radius 3 is 2.42 bits per heavy atom. The average Bonchev–Trinajstić information content (AvgIpc) is 2.35. The maximum Gasteiger partial charge on any atom is 0.147 e. The smallest absolute Gasteiger partial charge is 0.147 e. The first kappa shape index (κ1) is 15.2. The van der Waals surface area contributed by atoms with Crippen LogP contribution in [0.1, 0.15) is 63.9 Å². The van der Waals surface area contributed by atoms with Crippen LogP contribution in [-0.4, -0.2) is 9.97 Å². The number of hydrogen-bond acceptors (Lipinski definition) is 2. The first-order valence-corrected chi connectivity index (χ1v) is 8.36. The lowest BCUT2D eigenvalue weighted by Crippen LogP contribution is -2.15. The van der Waals surface area contributed by atoms with Gasteiger partial charge in [-0.2, -0.15) is 0 Å². The maximum atomic E-state index is 6.25. The lowest BCUT2D eigenvalue weighted by molar-refractivity contribution is 0.339.